The topological polar surface area (TPSA) is 88.4 Å². The summed E-state index contributed by atoms with van der Waals surface area (Å²) in [5.74, 6) is -0.208. The number of carbonyl (C=O) groups is 2. The van der Waals surface area contributed by atoms with Crippen LogP contribution in [0.3, 0.4) is 0 Å². The molecule has 0 spiro atoms. The summed E-state index contributed by atoms with van der Waals surface area (Å²) in [5.41, 5.74) is 2.09. The Kier molecular flexibility index (Phi) is 9.08. The Labute approximate surface area is 199 Å². The molecule has 1 aromatic heterocycles. The van der Waals surface area contributed by atoms with Crippen molar-refractivity contribution in [1.29, 1.82) is 5.26 Å². The van der Waals surface area contributed by atoms with Crippen molar-refractivity contribution in [2.24, 2.45) is 0 Å². The van der Waals surface area contributed by atoms with Gasteiger partial charge in [-0.15, -0.1) is 11.3 Å². The van der Waals surface area contributed by atoms with Crippen molar-refractivity contribution >= 4 is 34.3 Å². The first kappa shape index (κ1) is 24.5. The van der Waals surface area contributed by atoms with Crippen molar-refractivity contribution in [2.45, 2.75) is 58.8 Å². The molecule has 6 nitrogen and oxygen atoms in total. The van der Waals surface area contributed by atoms with Crippen molar-refractivity contribution in [3.8, 4) is 11.8 Å². The van der Waals surface area contributed by atoms with E-state index >= 15 is 0 Å². The highest BCUT2D eigenvalue weighted by atomic mass is 32.1. The van der Waals surface area contributed by atoms with Crippen LogP contribution in [0.5, 0.6) is 5.75 Å². The van der Waals surface area contributed by atoms with Crippen LogP contribution in [0, 0.1) is 11.3 Å². The molecular formula is C26H30N2O4S. The van der Waals surface area contributed by atoms with Crippen LogP contribution in [0.25, 0.3) is 6.08 Å². The Hall–Kier alpha value is -3.11. The molecule has 3 rings (SSSR count). The van der Waals surface area contributed by atoms with E-state index in [-0.39, 0.29) is 12.2 Å². The van der Waals surface area contributed by atoms with E-state index in [1.54, 1.807) is 6.92 Å². The van der Waals surface area contributed by atoms with E-state index in [1.807, 2.05) is 30.3 Å². The molecule has 0 aliphatic heterocycles. The first-order chi connectivity index (χ1) is 16.1. The predicted octanol–water partition coefficient (Wildman–Crippen LogP) is 5.92. The molecule has 0 radical (unpaired) electrons. The normalized spacial score (nSPS) is 13.1. The van der Waals surface area contributed by atoms with Gasteiger partial charge in [0.1, 0.15) is 22.4 Å². The molecule has 2 aromatic rings. The Balaban J connectivity index is 1.75. The van der Waals surface area contributed by atoms with Crippen molar-refractivity contribution in [2.75, 3.05) is 18.5 Å². The molecule has 1 heterocycles. The van der Waals surface area contributed by atoms with Gasteiger partial charge in [0.15, 0.2) is 0 Å². The average Bonchev–Trinajstić information content (AvgIpc) is 3.19. The Morgan fingerprint density at radius 2 is 1.91 bits per heavy atom. The lowest BCUT2D eigenvalue weighted by atomic mass is 9.95. The monoisotopic (exact) mass is 466 g/mol. The van der Waals surface area contributed by atoms with Gasteiger partial charge in [0.2, 0.25) is 0 Å². The number of hydrogen-bond donors (Lipinski definition) is 1. The number of anilines is 1. The van der Waals surface area contributed by atoms with Gasteiger partial charge in [0, 0.05) is 4.88 Å². The first-order valence-corrected chi connectivity index (χ1v) is 12.4. The van der Waals surface area contributed by atoms with Crippen LogP contribution in [0.2, 0.25) is 0 Å². The van der Waals surface area contributed by atoms with Crippen LogP contribution < -0.4 is 10.1 Å². The summed E-state index contributed by atoms with van der Waals surface area (Å²) in [6, 6.07) is 9.26. The fourth-order valence-corrected chi connectivity index (χ4v) is 5.03. The smallest absolute Gasteiger partial charge is 0.341 e. The predicted molar refractivity (Wildman–Crippen MR) is 131 cm³/mol. The van der Waals surface area contributed by atoms with Gasteiger partial charge in [0.25, 0.3) is 5.91 Å². The van der Waals surface area contributed by atoms with Gasteiger partial charge in [0.05, 0.1) is 18.8 Å². The second kappa shape index (κ2) is 12.2. The number of nitriles is 1. The van der Waals surface area contributed by atoms with Gasteiger partial charge in [-0.2, -0.15) is 5.26 Å². The van der Waals surface area contributed by atoms with E-state index in [1.165, 1.54) is 17.4 Å². The van der Waals surface area contributed by atoms with E-state index < -0.39 is 11.9 Å². The molecule has 33 heavy (non-hydrogen) atoms. The zero-order chi connectivity index (χ0) is 23.6. The van der Waals surface area contributed by atoms with Gasteiger partial charge in [-0.1, -0.05) is 31.9 Å². The number of fused-ring (bicyclic) bond motifs is 1. The number of hydrogen-bond acceptors (Lipinski definition) is 6. The third-order valence-electron chi connectivity index (χ3n) is 5.45. The molecule has 1 amide bonds. The lowest BCUT2D eigenvalue weighted by Gasteiger charge is -2.12. The number of esters is 1. The van der Waals surface area contributed by atoms with Crippen LogP contribution in [0.4, 0.5) is 5.00 Å². The van der Waals surface area contributed by atoms with E-state index in [2.05, 4.69) is 12.2 Å². The van der Waals surface area contributed by atoms with E-state index in [0.717, 1.165) is 66.7 Å². The zero-order valence-corrected chi connectivity index (χ0v) is 20.1. The molecule has 174 valence electrons. The quantitative estimate of drug-likeness (QED) is 0.203. The van der Waals surface area contributed by atoms with Gasteiger partial charge in [-0.05, 0) is 68.4 Å². The van der Waals surface area contributed by atoms with Crippen molar-refractivity contribution in [3.05, 3.63) is 51.4 Å². The summed E-state index contributed by atoms with van der Waals surface area (Å²) in [7, 11) is 0. The highest BCUT2D eigenvalue weighted by Gasteiger charge is 2.27. The molecule has 7 heteroatoms. The molecule has 0 bridgehead atoms. The van der Waals surface area contributed by atoms with Crippen LogP contribution in [-0.4, -0.2) is 25.1 Å². The largest absolute Gasteiger partial charge is 0.494 e. The lowest BCUT2D eigenvalue weighted by molar-refractivity contribution is -0.112. The highest BCUT2D eigenvalue weighted by Crippen LogP contribution is 2.38. The third kappa shape index (κ3) is 6.45. The second-order valence-corrected chi connectivity index (χ2v) is 8.99. The molecule has 1 aliphatic carbocycles. The Bertz CT molecular complexity index is 1050. The molecule has 0 atom stereocenters. The number of unbranched alkanes of at least 4 members (excludes halogenated alkanes) is 2. The number of ether oxygens (including phenoxy) is 2. The van der Waals surface area contributed by atoms with Crippen LogP contribution >= 0.6 is 11.3 Å². The molecular weight excluding hydrogens is 436 g/mol. The summed E-state index contributed by atoms with van der Waals surface area (Å²) in [6.45, 7) is 4.84. The number of rotatable bonds is 10. The maximum atomic E-state index is 12.9. The number of benzene rings is 1. The first-order valence-electron chi connectivity index (χ1n) is 11.5. The van der Waals surface area contributed by atoms with E-state index in [0.29, 0.717) is 17.2 Å². The Morgan fingerprint density at radius 1 is 1.15 bits per heavy atom. The number of nitrogens with zero attached hydrogens (tertiary/aromatic N) is 1. The van der Waals surface area contributed by atoms with E-state index in [4.69, 9.17) is 9.47 Å². The highest BCUT2D eigenvalue weighted by molar-refractivity contribution is 7.17. The standard InChI is InChI=1S/C26H30N2O4S/c1-3-5-8-15-32-20-13-11-18(12-14-20)16-19(17-27)24(29)28-25-23(26(30)31-4-2)21-9-6-7-10-22(21)33-25/h11-14,16H,3-10,15H2,1-2H3,(H,28,29). The van der Waals surface area contributed by atoms with Gasteiger partial charge in [-0.3, -0.25) is 4.79 Å². The van der Waals surface area contributed by atoms with Crippen molar-refractivity contribution < 1.29 is 19.1 Å². The van der Waals surface area contributed by atoms with E-state index in [9.17, 15) is 14.9 Å². The number of nitrogens with one attached hydrogen (secondary N) is 1. The van der Waals surface area contributed by atoms with Crippen LogP contribution in [0.15, 0.2) is 29.8 Å². The summed E-state index contributed by atoms with van der Waals surface area (Å²) in [6.07, 6.45) is 8.56. The SMILES string of the molecule is CCCCCOc1ccc(C=C(C#N)C(=O)Nc2sc3c(c2C(=O)OCC)CCCC3)cc1. The number of amides is 1. The molecule has 0 saturated carbocycles. The maximum absolute atomic E-state index is 12.9. The fraction of sp³-hybridized carbons (Fsp3) is 0.423. The summed E-state index contributed by atoms with van der Waals surface area (Å²) in [5, 5.41) is 12.8. The van der Waals surface area contributed by atoms with Gasteiger partial charge < -0.3 is 14.8 Å². The minimum absolute atomic E-state index is 0.0344. The van der Waals surface area contributed by atoms with Gasteiger partial charge in [-0.25, -0.2) is 4.79 Å². The molecule has 0 fully saturated rings. The lowest BCUT2D eigenvalue weighted by Crippen LogP contribution is -2.16. The van der Waals surface area contributed by atoms with Crippen LogP contribution in [-0.2, 0) is 22.4 Å². The molecule has 1 aromatic carbocycles. The number of aryl methyl sites for hydroxylation is 1. The van der Waals surface area contributed by atoms with Gasteiger partial charge >= 0.3 is 5.97 Å². The average molecular weight is 467 g/mol. The van der Waals surface area contributed by atoms with Crippen molar-refractivity contribution in [1.82, 2.24) is 0 Å². The number of thiophene rings is 1. The number of carbonyl (C=O) groups excluding carboxylic acids is 2. The second-order valence-electron chi connectivity index (χ2n) is 7.88. The third-order valence-corrected chi connectivity index (χ3v) is 6.66. The molecule has 1 aliphatic rings. The fourth-order valence-electron chi connectivity index (χ4n) is 3.76. The maximum Gasteiger partial charge on any atom is 0.341 e. The molecule has 0 unspecified atom stereocenters. The zero-order valence-electron chi connectivity index (χ0n) is 19.2. The Morgan fingerprint density at radius 3 is 2.61 bits per heavy atom. The summed E-state index contributed by atoms with van der Waals surface area (Å²) < 4.78 is 10.9. The van der Waals surface area contributed by atoms with Crippen molar-refractivity contribution in [3.63, 3.8) is 0 Å². The summed E-state index contributed by atoms with van der Waals surface area (Å²) in [4.78, 5) is 26.6. The molecule has 1 N–H and O–H groups in total. The van der Waals surface area contributed by atoms with Crippen LogP contribution in [0.1, 0.15) is 72.3 Å². The minimum Gasteiger partial charge on any atom is -0.494 e. The molecule has 0 saturated heterocycles. The minimum atomic E-state index is -0.540. The summed E-state index contributed by atoms with van der Waals surface area (Å²) >= 11 is 1.41.